The van der Waals surface area contributed by atoms with Crippen LogP contribution in [0.4, 0.5) is 5.69 Å². The van der Waals surface area contributed by atoms with E-state index in [1.54, 1.807) is 24.3 Å². The molecule has 3 N–H and O–H groups in total. The van der Waals surface area contributed by atoms with Crippen LogP contribution in [-0.2, 0) is 4.79 Å². The summed E-state index contributed by atoms with van der Waals surface area (Å²) in [4.78, 5) is 24.5. The number of anilines is 1. The molecule has 0 spiro atoms. The molecule has 2 unspecified atom stereocenters. The molecule has 1 amide bonds. The Morgan fingerprint density at radius 2 is 1.64 bits per heavy atom. The molecule has 2 aromatic carbocycles. The summed E-state index contributed by atoms with van der Waals surface area (Å²) in [5.41, 5.74) is 6.67. The number of nitrogens with two attached hydrogens (primary N) is 1. The van der Waals surface area contributed by atoms with Crippen molar-refractivity contribution in [3.63, 3.8) is 0 Å². The predicted octanol–water partition coefficient (Wildman–Crippen LogP) is 5.74. The molecule has 1 aliphatic carbocycles. The van der Waals surface area contributed by atoms with Crippen LogP contribution in [0, 0.1) is 5.92 Å². The first-order chi connectivity index (χ1) is 12.6. The molecule has 2 atom stereocenters. The molecular weight excluding hydrogens is 489 g/mol. The van der Waals surface area contributed by atoms with E-state index < -0.39 is 22.1 Å². The molecule has 0 aliphatic heterocycles. The van der Waals surface area contributed by atoms with Crippen LogP contribution in [0.3, 0.4) is 0 Å². The van der Waals surface area contributed by atoms with Crippen molar-refractivity contribution in [1.29, 1.82) is 0 Å². The molecule has 1 saturated carbocycles. The summed E-state index contributed by atoms with van der Waals surface area (Å²) in [7, 11) is 0. The van der Waals surface area contributed by atoms with Gasteiger partial charge in [0.1, 0.15) is 4.33 Å². The number of rotatable bonds is 5. The Morgan fingerprint density at radius 1 is 1.04 bits per heavy atom. The lowest BCUT2D eigenvalue weighted by Crippen LogP contribution is -2.18. The number of hydrogen-bond acceptors (Lipinski definition) is 3. The fraction of sp³-hybridized carbons (Fsp3) is 0.222. The van der Waals surface area contributed by atoms with Crippen molar-refractivity contribution in [2.45, 2.75) is 10.3 Å². The third kappa shape index (κ3) is 4.71. The maximum absolute atomic E-state index is 12.7. The molecule has 0 aromatic heterocycles. The van der Waals surface area contributed by atoms with Gasteiger partial charge in [0.2, 0.25) is 5.91 Å². The van der Waals surface area contributed by atoms with E-state index >= 15 is 0 Å². The lowest BCUT2D eigenvalue weighted by Gasteiger charge is -2.08. The molecule has 2 aromatic rings. The minimum Gasteiger partial charge on any atom is -0.326 e. The van der Waals surface area contributed by atoms with Crippen LogP contribution in [0.25, 0.3) is 0 Å². The summed E-state index contributed by atoms with van der Waals surface area (Å²) in [5.74, 6) is -1.90. The van der Waals surface area contributed by atoms with Crippen molar-refractivity contribution in [1.82, 2.24) is 0 Å². The first kappa shape index (κ1) is 23.6. The number of benzene rings is 2. The molecule has 28 heavy (non-hydrogen) atoms. The van der Waals surface area contributed by atoms with Gasteiger partial charge in [0.05, 0.1) is 17.5 Å². The largest absolute Gasteiger partial charge is 0.326 e. The fourth-order valence-corrected chi connectivity index (χ4v) is 4.56. The van der Waals surface area contributed by atoms with Crippen molar-refractivity contribution >= 4 is 87.8 Å². The van der Waals surface area contributed by atoms with Crippen LogP contribution in [-0.4, -0.2) is 22.6 Å². The molecule has 1 aliphatic rings. The van der Waals surface area contributed by atoms with E-state index in [-0.39, 0.29) is 35.3 Å². The van der Waals surface area contributed by atoms with Gasteiger partial charge in [0, 0.05) is 27.2 Å². The topological polar surface area (TPSA) is 72.2 Å². The van der Waals surface area contributed by atoms with Crippen LogP contribution < -0.4 is 11.1 Å². The molecule has 4 nitrogen and oxygen atoms in total. The van der Waals surface area contributed by atoms with Gasteiger partial charge in [-0.2, -0.15) is 0 Å². The van der Waals surface area contributed by atoms with Gasteiger partial charge >= 0.3 is 0 Å². The maximum atomic E-state index is 12.7. The van der Waals surface area contributed by atoms with Crippen molar-refractivity contribution in [3.8, 4) is 0 Å². The second-order valence-corrected chi connectivity index (χ2v) is 8.87. The number of carbonyl (C=O) groups is 2. The standard InChI is InChI=1S/C18H13Cl5N2O2.ClH/c19-9-3-8(4-10(20)5-9)15-16(18(15,22)23)17(27)25-11-1-2-13(21)12(6-11)14(26)7-24;/h1-6,15-16H,7,24H2,(H,25,27);1H. The lowest BCUT2D eigenvalue weighted by molar-refractivity contribution is -0.117. The Morgan fingerprint density at radius 3 is 2.21 bits per heavy atom. The van der Waals surface area contributed by atoms with Gasteiger partial charge in [0.15, 0.2) is 5.78 Å². The Labute approximate surface area is 193 Å². The Kier molecular flexibility index (Phi) is 7.54. The number of amides is 1. The minimum absolute atomic E-state index is 0. The summed E-state index contributed by atoms with van der Waals surface area (Å²) in [5, 5.41) is 3.82. The summed E-state index contributed by atoms with van der Waals surface area (Å²) in [6, 6.07) is 9.47. The summed E-state index contributed by atoms with van der Waals surface area (Å²) < 4.78 is -1.29. The second kappa shape index (κ2) is 8.97. The van der Waals surface area contributed by atoms with Crippen molar-refractivity contribution < 1.29 is 9.59 Å². The number of Topliss-reactive ketones (excluding diaryl/α,β-unsaturated/α-hetero) is 1. The molecule has 3 rings (SSSR count). The van der Waals surface area contributed by atoms with Crippen LogP contribution >= 0.6 is 70.4 Å². The SMILES string of the molecule is Cl.NCC(=O)c1cc(NC(=O)C2C(c3cc(Cl)cc(Cl)c3)C2(Cl)Cl)ccc1Cl. The van der Waals surface area contributed by atoms with E-state index in [1.807, 2.05) is 0 Å². The van der Waals surface area contributed by atoms with Gasteiger partial charge < -0.3 is 11.1 Å². The van der Waals surface area contributed by atoms with Gasteiger partial charge in [-0.3, -0.25) is 9.59 Å². The van der Waals surface area contributed by atoms with Crippen LogP contribution in [0.2, 0.25) is 15.1 Å². The third-order valence-electron chi connectivity index (χ3n) is 4.30. The highest BCUT2D eigenvalue weighted by Crippen LogP contribution is 2.65. The summed E-state index contributed by atoms with van der Waals surface area (Å²) in [6.07, 6.45) is 0. The number of ketones is 1. The molecule has 0 heterocycles. The maximum Gasteiger partial charge on any atom is 0.231 e. The van der Waals surface area contributed by atoms with E-state index in [0.717, 1.165) is 0 Å². The number of carbonyl (C=O) groups excluding carboxylic acids is 2. The van der Waals surface area contributed by atoms with Gasteiger partial charge in [0.25, 0.3) is 0 Å². The van der Waals surface area contributed by atoms with E-state index in [9.17, 15) is 9.59 Å². The Hall–Kier alpha value is -0.720. The van der Waals surface area contributed by atoms with Crippen LogP contribution in [0.1, 0.15) is 21.8 Å². The molecule has 1 fully saturated rings. The number of alkyl halides is 2. The predicted molar refractivity (Wildman–Crippen MR) is 118 cm³/mol. The molecule has 150 valence electrons. The van der Waals surface area contributed by atoms with Crippen LogP contribution in [0.15, 0.2) is 36.4 Å². The lowest BCUT2D eigenvalue weighted by atomic mass is 10.1. The van der Waals surface area contributed by atoms with Crippen molar-refractivity contribution in [2.24, 2.45) is 11.7 Å². The van der Waals surface area contributed by atoms with E-state index in [0.29, 0.717) is 21.3 Å². The van der Waals surface area contributed by atoms with E-state index in [2.05, 4.69) is 5.32 Å². The van der Waals surface area contributed by atoms with Crippen molar-refractivity contribution in [2.75, 3.05) is 11.9 Å². The fourth-order valence-electron chi connectivity index (χ4n) is 2.97. The zero-order valence-electron chi connectivity index (χ0n) is 14.0. The van der Waals surface area contributed by atoms with Gasteiger partial charge in [-0.15, -0.1) is 35.6 Å². The Balaban J connectivity index is 0.00000280. The van der Waals surface area contributed by atoms with E-state index in [1.165, 1.54) is 12.1 Å². The highest BCUT2D eigenvalue weighted by molar-refractivity contribution is 6.53. The zero-order valence-corrected chi connectivity index (χ0v) is 18.6. The van der Waals surface area contributed by atoms with Gasteiger partial charge in [-0.1, -0.05) is 34.8 Å². The van der Waals surface area contributed by atoms with Gasteiger partial charge in [-0.05, 0) is 42.0 Å². The summed E-state index contributed by atoms with van der Waals surface area (Å²) >= 11 is 30.7. The first-order valence-corrected chi connectivity index (χ1v) is 9.71. The molecule has 0 bridgehead atoms. The third-order valence-corrected chi connectivity index (χ3v) is 6.01. The molecule has 10 heteroatoms. The minimum atomic E-state index is -1.29. The average Bonchev–Trinajstić information content (AvgIpc) is 3.17. The van der Waals surface area contributed by atoms with Gasteiger partial charge in [-0.25, -0.2) is 0 Å². The number of hydrogen-bond donors (Lipinski definition) is 2. The highest BCUT2D eigenvalue weighted by Gasteiger charge is 2.67. The molecule has 0 saturated heterocycles. The normalized spacial score (nSPS) is 19.5. The molecule has 0 radical (unpaired) electrons. The average molecular weight is 503 g/mol. The van der Waals surface area contributed by atoms with Crippen molar-refractivity contribution in [3.05, 3.63) is 62.6 Å². The zero-order chi connectivity index (χ0) is 19.9. The Bertz CT molecular complexity index is 914. The second-order valence-electron chi connectivity index (χ2n) is 6.14. The van der Waals surface area contributed by atoms with Crippen LogP contribution in [0.5, 0.6) is 0 Å². The highest BCUT2D eigenvalue weighted by atomic mass is 35.5. The number of halogens is 6. The first-order valence-electron chi connectivity index (χ1n) is 7.82. The quantitative estimate of drug-likeness (QED) is 0.404. The van der Waals surface area contributed by atoms with E-state index in [4.69, 9.17) is 63.7 Å². The molecular formula is C18H14Cl6N2O2. The monoisotopic (exact) mass is 500 g/mol. The number of nitrogens with one attached hydrogen (secondary N) is 1. The summed E-state index contributed by atoms with van der Waals surface area (Å²) in [6.45, 7) is -0.191. The smallest absolute Gasteiger partial charge is 0.231 e.